The van der Waals surface area contributed by atoms with Crippen molar-refractivity contribution in [2.45, 2.75) is 37.8 Å². The van der Waals surface area contributed by atoms with Gasteiger partial charge in [-0.25, -0.2) is 9.97 Å². The molecule has 0 spiro atoms. The van der Waals surface area contributed by atoms with Crippen LogP contribution in [0.25, 0.3) is 11.2 Å². The van der Waals surface area contributed by atoms with Crippen LogP contribution in [0.2, 0.25) is 0 Å². The van der Waals surface area contributed by atoms with Gasteiger partial charge in [0.05, 0.1) is 0 Å². The van der Waals surface area contributed by atoms with E-state index in [0.717, 1.165) is 24.2 Å². The number of hydrogen-bond donors (Lipinski definition) is 2. The first-order chi connectivity index (χ1) is 8.83. The molecule has 2 aromatic rings. The molecule has 1 aliphatic rings. The van der Waals surface area contributed by atoms with E-state index in [1.807, 2.05) is 12.1 Å². The van der Waals surface area contributed by atoms with Crippen molar-refractivity contribution in [3.05, 3.63) is 24.5 Å². The summed E-state index contributed by atoms with van der Waals surface area (Å²) in [4.78, 5) is 12.9. The van der Waals surface area contributed by atoms with Crippen LogP contribution in [0.15, 0.2) is 24.5 Å². The van der Waals surface area contributed by atoms with E-state index in [9.17, 15) is 0 Å². The van der Waals surface area contributed by atoms with Gasteiger partial charge in [-0.3, -0.25) is 4.98 Å². The number of nitrogens with one attached hydrogen (secondary N) is 1. The van der Waals surface area contributed by atoms with E-state index < -0.39 is 0 Å². The van der Waals surface area contributed by atoms with Gasteiger partial charge in [-0.15, -0.1) is 0 Å². The average Bonchev–Trinajstić information content (AvgIpc) is 2.41. The molecule has 94 valence electrons. The van der Waals surface area contributed by atoms with Gasteiger partial charge in [0.25, 0.3) is 0 Å². The van der Waals surface area contributed by atoms with Gasteiger partial charge >= 0.3 is 0 Å². The molecule has 2 unspecified atom stereocenters. The van der Waals surface area contributed by atoms with Gasteiger partial charge in [-0.1, -0.05) is 12.8 Å². The first-order valence-corrected chi connectivity index (χ1v) is 6.43. The number of nitrogens with two attached hydrogens (primary N) is 1. The van der Waals surface area contributed by atoms with E-state index in [4.69, 9.17) is 5.73 Å². The number of pyridine rings is 1. The van der Waals surface area contributed by atoms with Crippen molar-refractivity contribution in [1.82, 2.24) is 15.0 Å². The topological polar surface area (TPSA) is 76.7 Å². The molecule has 3 N–H and O–H groups in total. The highest BCUT2D eigenvalue weighted by Crippen LogP contribution is 2.20. The molecule has 0 radical (unpaired) electrons. The number of aromatic nitrogens is 3. The Morgan fingerprint density at radius 2 is 1.94 bits per heavy atom. The van der Waals surface area contributed by atoms with Crippen molar-refractivity contribution >= 4 is 17.0 Å². The number of hydrogen-bond acceptors (Lipinski definition) is 5. The maximum Gasteiger partial charge on any atom is 0.180 e. The minimum absolute atomic E-state index is 0.220. The standard InChI is InChI=1S/C13H17N5/c14-9-3-1-2-4-10(9)17-12-6-5-11-13(18-12)16-8-7-15-11/h5-10H,1-4,14H2,(H,16,17,18). The Balaban J connectivity index is 1.81. The van der Waals surface area contributed by atoms with E-state index in [2.05, 4.69) is 20.3 Å². The lowest BCUT2D eigenvalue weighted by Gasteiger charge is -2.29. The van der Waals surface area contributed by atoms with Crippen molar-refractivity contribution in [3.8, 4) is 0 Å². The van der Waals surface area contributed by atoms with Crippen LogP contribution in [0.5, 0.6) is 0 Å². The van der Waals surface area contributed by atoms with Crippen LogP contribution in [-0.2, 0) is 0 Å². The Labute approximate surface area is 106 Å². The number of anilines is 1. The predicted octanol–water partition coefficient (Wildman–Crippen LogP) is 1.71. The largest absolute Gasteiger partial charge is 0.366 e. The molecule has 3 rings (SSSR count). The van der Waals surface area contributed by atoms with Crippen molar-refractivity contribution < 1.29 is 0 Å². The fourth-order valence-corrected chi connectivity index (χ4v) is 2.46. The molecule has 0 aromatic carbocycles. The summed E-state index contributed by atoms with van der Waals surface area (Å²) in [5.41, 5.74) is 7.61. The molecule has 2 aromatic heterocycles. The maximum atomic E-state index is 6.12. The Bertz CT molecular complexity index is 542. The lowest BCUT2D eigenvalue weighted by atomic mass is 9.91. The van der Waals surface area contributed by atoms with Crippen molar-refractivity contribution in [2.75, 3.05) is 5.32 Å². The van der Waals surface area contributed by atoms with Crippen molar-refractivity contribution in [3.63, 3.8) is 0 Å². The first-order valence-electron chi connectivity index (χ1n) is 6.43. The van der Waals surface area contributed by atoms with E-state index >= 15 is 0 Å². The highest BCUT2D eigenvalue weighted by Gasteiger charge is 2.21. The Hall–Kier alpha value is -1.75. The van der Waals surface area contributed by atoms with E-state index in [-0.39, 0.29) is 6.04 Å². The third-order valence-corrected chi connectivity index (χ3v) is 3.48. The van der Waals surface area contributed by atoms with Crippen LogP contribution >= 0.6 is 0 Å². The normalized spacial score (nSPS) is 24.1. The molecular formula is C13H17N5. The van der Waals surface area contributed by atoms with Gasteiger partial charge in [0, 0.05) is 24.5 Å². The minimum Gasteiger partial charge on any atom is -0.366 e. The molecule has 5 heteroatoms. The van der Waals surface area contributed by atoms with E-state index in [0.29, 0.717) is 11.7 Å². The van der Waals surface area contributed by atoms with Crippen molar-refractivity contribution in [1.29, 1.82) is 0 Å². The smallest absolute Gasteiger partial charge is 0.180 e. The van der Waals surface area contributed by atoms with Gasteiger partial charge in [-0.2, -0.15) is 0 Å². The SMILES string of the molecule is NC1CCCCC1Nc1ccc2nccnc2n1. The zero-order chi connectivity index (χ0) is 12.4. The molecule has 0 aliphatic heterocycles. The minimum atomic E-state index is 0.220. The van der Waals surface area contributed by atoms with Crippen LogP contribution in [0.3, 0.4) is 0 Å². The molecule has 0 saturated heterocycles. The molecule has 1 fully saturated rings. The molecule has 2 heterocycles. The van der Waals surface area contributed by atoms with Crippen LogP contribution in [0.1, 0.15) is 25.7 Å². The summed E-state index contributed by atoms with van der Waals surface area (Å²) in [6.07, 6.45) is 8.00. The fraction of sp³-hybridized carbons (Fsp3) is 0.462. The lowest BCUT2D eigenvalue weighted by Crippen LogP contribution is -2.42. The third kappa shape index (κ3) is 2.26. The molecule has 1 saturated carbocycles. The summed E-state index contributed by atoms with van der Waals surface area (Å²) >= 11 is 0. The zero-order valence-corrected chi connectivity index (χ0v) is 10.2. The van der Waals surface area contributed by atoms with Gasteiger partial charge in [0.15, 0.2) is 5.65 Å². The zero-order valence-electron chi connectivity index (χ0n) is 10.2. The summed E-state index contributed by atoms with van der Waals surface area (Å²) < 4.78 is 0. The molecule has 18 heavy (non-hydrogen) atoms. The highest BCUT2D eigenvalue weighted by molar-refractivity contribution is 5.71. The molecule has 2 atom stereocenters. The summed E-state index contributed by atoms with van der Waals surface area (Å²) in [5.74, 6) is 0.838. The summed E-state index contributed by atoms with van der Waals surface area (Å²) in [7, 11) is 0. The Morgan fingerprint density at radius 3 is 2.83 bits per heavy atom. The molecule has 0 amide bonds. The molecular weight excluding hydrogens is 226 g/mol. The Kier molecular flexibility index (Phi) is 3.06. The third-order valence-electron chi connectivity index (χ3n) is 3.48. The van der Waals surface area contributed by atoms with Crippen molar-refractivity contribution in [2.24, 2.45) is 5.73 Å². The van der Waals surface area contributed by atoms with Gasteiger partial charge < -0.3 is 11.1 Å². The van der Waals surface area contributed by atoms with Gasteiger partial charge in [0.1, 0.15) is 11.3 Å². The quantitative estimate of drug-likeness (QED) is 0.839. The van der Waals surface area contributed by atoms with Gasteiger partial charge in [-0.05, 0) is 25.0 Å². The van der Waals surface area contributed by atoms with Crippen LogP contribution in [-0.4, -0.2) is 27.0 Å². The average molecular weight is 243 g/mol. The Morgan fingerprint density at radius 1 is 1.11 bits per heavy atom. The summed E-state index contributed by atoms with van der Waals surface area (Å²) in [5, 5.41) is 3.42. The predicted molar refractivity (Wildman–Crippen MR) is 71.2 cm³/mol. The second kappa shape index (κ2) is 4.86. The second-order valence-electron chi connectivity index (χ2n) is 4.79. The van der Waals surface area contributed by atoms with Crippen LogP contribution < -0.4 is 11.1 Å². The van der Waals surface area contributed by atoms with Crippen LogP contribution in [0, 0.1) is 0 Å². The highest BCUT2D eigenvalue weighted by atomic mass is 15.1. The number of nitrogens with zero attached hydrogens (tertiary/aromatic N) is 3. The van der Waals surface area contributed by atoms with E-state index in [1.165, 1.54) is 12.8 Å². The maximum absolute atomic E-state index is 6.12. The number of fused-ring (bicyclic) bond motifs is 1. The fourth-order valence-electron chi connectivity index (χ4n) is 2.46. The molecule has 5 nitrogen and oxygen atoms in total. The van der Waals surface area contributed by atoms with Gasteiger partial charge in [0.2, 0.25) is 0 Å². The van der Waals surface area contributed by atoms with E-state index in [1.54, 1.807) is 12.4 Å². The van der Waals surface area contributed by atoms with Crippen LogP contribution in [0.4, 0.5) is 5.82 Å². The molecule has 0 bridgehead atoms. The second-order valence-corrected chi connectivity index (χ2v) is 4.79. The number of rotatable bonds is 2. The monoisotopic (exact) mass is 243 g/mol. The molecule has 1 aliphatic carbocycles. The lowest BCUT2D eigenvalue weighted by molar-refractivity contribution is 0.403. The summed E-state index contributed by atoms with van der Waals surface area (Å²) in [6.45, 7) is 0. The first kappa shape index (κ1) is 11.3. The summed E-state index contributed by atoms with van der Waals surface area (Å²) in [6, 6.07) is 4.42.